The third kappa shape index (κ3) is 7.25. The molecule has 0 aromatic heterocycles. The Morgan fingerprint density at radius 1 is 1.25 bits per heavy atom. The number of hydrogen-bond donors (Lipinski definition) is 1. The molecule has 0 rings (SSSR count). The highest BCUT2D eigenvalue weighted by molar-refractivity contribution is 5.84. The van der Waals surface area contributed by atoms with Gasteiger partial charge in [0.05, 0.1) is 6.54 Å². The Morgan fingerprint density at radius 2 is 1.92 bits per heavy atom. The van der Waals surface area contributed by atoms with Crippen LogP contribution in [0.5, 0.6) is 0 Å². The second-order valence-corrected chi connectivity index (χ2v) is 2.94. The molecule has 0 fully saturated rings. The lowest BCUT2D eigenvalue weighted by atomic mass is 10.2. The zero-order chi connectivity index (χ0) is 9.40. The summed E-state index contributed by atoms with van der Waals surface area (Å²) in [7, 11) is 0. The molecule has 0 saturated carbocycles. The van der Waals surface area contributed by atoms with Crippen molar-refractivity contribution in [1.82, 2.24) is 5.32 Å². The second-order valence-electron chi connectivity index (χ2n) is 2.94. The molecular formula is C9H17NO2. The molecule has 3 nitrogen and oxygen atoms in total. The van der Waals surface area contributed by atoms with E-state index in [-0.39, 0.29) is 18.2 Å². The summed E-state index contributed by atoms with van der Waals surface area (Å²) in [6, 6.07) is 0. The van der Waals surface area contributed by atoms with Crippen molar-refractivity contribution in [1.29, 1.82) is 0 Å². The molecule has 0 aromatic carbocycles. The summed E-state index contributed by atoms with van der Waals surface area (Å²) in [6.07, 6.45) is 3.65. The van der Waals surface area contributed by atoms with Gasteiger partial charge in [0.25, 0.3) is 0 Å². The first-order valence-electron chi connectivity index (χ1n) is 4.43. The highest BCUT2D eigenvalue weighted by Gasteiger charge is 2.00. The zero-order valence-electron chi connectivity index (χ0n) is 7.85. The lowest BCUT2D eigenvalue weighted by Crippen LogP contribution is -2.27. The molecule has 12 heavy (non-hydrogen) atoms. The lowest BCUT2D eigenvalue weighted by Gasteiger charge is -2.01. The maximum atomic E-state index is 11.0. The summed E-state index contributed by atoms with van der Waals surface area (Å²) in [4.78, 5) is 21.4. The van der Waals surface area contributed by atoms with Gasteiger partial charge in [-0.05, 0) is 13.3 Å². The van der Waals surface area contributed by atoms with Crippen molar-refractivity contribution in [2.24, 2.45) is 0 Å². The van der Waals surface area contributed by atoms with Crippen molar-refractivity contribution in [2.45, 2.75) is 39.5 Å². The zero-order valence-corrected chi connectivity index (χ0v) is 7.85. The first kappa shape index (κ1) is 11.1. The molecule has 1 amide bonds. The quantitative estimate of drug-likeness (QED) is 0.612. The van der Waals surface area contributed by atoms with E-state index >= 15 is 0 Å². The maximum absolute atomic E-state index is 11.0. The Kier molecular flexibility index (Phi) is 6.34. The van der Waals surface area contributed by atoms with Crippen LogP contribution in [0.4, 0.5) is 0 Å². The molecule has 0 unspecified atom stereocenters. The Bertz CT molecular complexity index is 155. The molecule has 3 heteroatoms. The lowest BCUT2D eigenvalue weighted by molar-refractivity contribution is -0.124. The predicted octanol–water partition coefficient (Wildman–Crippen LogP) is 1.27. The van der Waals surface area contributed by atoms with Crippen molar-refractivity contribution >= 4 is 11.7 Å². The van der Waals surface area contributed by atoms with Crippen LogP contribution in [-0.2, 0) is 9.59 Å². The van der Waals surface area contributed by atoms with Crippen molar-refractivity contribution in [3.05, 3.63) is 0 Å². The highest BCUT2D eigenvalue weighted by Crippen LogP contribution is 1.97. The fourth-order valence-electron chi connectivity index (χ4n) is 0.847. The van der Waals surface area contributed by atoms with Crippen LogP contribution in [0.25, 0.3) is 0 Å². The summed E-state index contributed by atoms with van der Waals surface area (Å²) >= 11 is 0. The molecule has 0 saturated heterocycles. The van der Waals surface area contributed by atoms with Crippen LogP contribution in [0.15, 0.2) is 0 Å². The number of carbonyl (C=O) groups is 2. The Hall–Kier alpha value is -0.860. The molecule has 0 atom stereocenters. The van der Waals surface area contributed by atoms with Gasteiger partial charge in [-0.2, -0.15) is 0 Å². The standard InChI is InChI=1S/C9H17NO2/c1-3-4-5-6-9(12)10-7-8(2)11/h3-7H2,1-2H3,(H,10,12). The average Bonchev–Trinajstić information content (AvgIpc) is 2.01. The molecule has 70 valence electrons. The van der Waals surface area contributed by atoms with E-state index in [1.165, 1.54) is 6.92 Å². The number of nitrogens with one attached hydrogen (secondary N) is 1. The fraction of sp³-hybridized carbons (Fsp3) is 0.778. The van der Waals surface area contributed by atoms with Gasteiger partial charge in [0, 0.05) is 6.42 Å². The van der Waals surface area contributed by atoms with Gasteiger partial charge in [0.2, 0.25) is 5.91 Å². The minimum absolute atomic E-state index is 0.00107. The third-order valence-corrected chi connectivity index (χ3v) is 1.54. The van der Waals surface area contributed by atoms with E-state index in [9.17, 15) is 9.59 Å². The first-order chi connectivity index (χ1) is 5.66. The van der Waals surface area contributed by atoms with E-state index in [0.29, 0.717) is 6.42 Å². The molecule has 0 aliphatic rings. The van der Waals surface area contributed by atoms with Crippen LogP contribution >= 0.6 is 0 Å². The number of carbonyl (C=O) groups excluding carboxylic acids is 2. The van der Waals surface area contributed by atoms with Crippen LogP contribution in [0.2, 0.25) is 0 Å². The predicted molar refractivity (Wildman–Crippen MR) is 47.8 cm³/mol. The Labute approximate surface area is 73.5 Å². The van der Waals surface area contributed by atoms with Gasteiger partial charge in [-0.1, -0.05) is 19.8 Å². The van der Waals surface area contributed by atoms with E-state index in [1.807, 2.05) is 0 Å². The van der Waals surface area contributed by atoms with E-state index in [1.54, 1.807) is 0 Å². The molecule has 0 aromatic rings. The van der Waals surface area contributed by atoms with Gasteiger partial charge in [0.1, 0.15) is 5.78 Å². The van der Waals surface area contributed by atoms with Crippen LogP contribution in [0.1, 0.15) is 39.5 Å². The van der Waals surface area contributed by atoms with E-state index in [4.69, 9.17) is 0 Å². The molecule has 0 aliphatic carbocycles. The van der Waals surface area contributed by atoms with Crippen molar-refractivity contribution in [2.75, 3.05) is 6.54 Å². The number of rotatable bonds is 6. The first-order valence-corrected chi connectivity index (χ1v) is 4.43. The molecule has 1 N–H and O–H groups in total. The van der Waals surface area contributed by atoms with E-state index in [0.717, 1.165) is 19.3 Å². The van der Waals surface area contributed by atoms with Crippen LogP contribution in [-0.4, -0.2) is 18.2 Å². The second kappa shape index (κ2) is 6.83. The van der Waals surface area contributed by atoms with E-state index < -0.39 is 0 Å². The third-order valence-electron chi connectivity index (χ3n) is 1.54. The van der Waals surface area contributed by atoms with Crippen molar-refractivity contribution in [3.8, 4) is 0 Å². The van der Waals surface area contributed by atoms with Gasteiger partial charge in [-0.25, -0.2) is 0 Å². The van der Waals surface area contributed by atoms with Crippen LogP contribution in [0, 0.1) is 0 Å². The largest absolute Gasteiger partial charge is 0.349 e. The monoisotopic (exact) mass is 171 g/mol. The number of unbranched alkanes of at least 4 members (excludes halogenated alkanes) is 2. The number of amides is 1. The van der Waals surface area contributed by atoms with Crippen LogP contribution in [0.3, 0.4) is 0 Å². The molecule has 0 bridgehead atoms. The molecule has 0 radical (unpaired) electrons. The van der Waals surface area contributed by atoms with Crippen LogP contribution < -0.4 is 5.32 Å². The number of ketones is 1. The molecular weight excluding hydrogens is 154 g/mol. The van der Waals surface area contributed by atoms with Gasteiger partial charge < -0.3 is 5.32 Å². The summed E-state index contributed by atoms with van der Waals surface area (Å²) in [5.74, 6) is -0.0162. The van der Waals surface area contributed by atoms with Gasteiger partial charge in [-0.3, -0.25) is 9.59 Å². The Balaban J connectivity index is 3.28. The maximum Gasteiger partial charge on any atom is 0.220 e. The minimum Gasteiger partial charge on any atom is -0.349 e. The molecule has 0 heterocycles. The van der Waals surface area contributed by atoms with E-state index in [2.05, 4.69) is 12.2 Å². The molecule has 0 aliphatic heterocycles. The normalized spacial score (nSPS) is 9.50. The highest BCUT2D eigenvalue weighted by atomic mass is 16.2. The average molecular weight is 171 g/mol. The van der Waals surface area contributed by atoms with Crippen molar-refractivity contribution in [3.63, 3.8) is 0 Å². The minimum atomic E-state index is -0.0151. The summed E-state index contributed by atoms with van der Waals surface area (Å²) < 4.78 is 0. The smallest absolute Gasteiger partial charge is 0.220 e. The topological polar surface area (TPSA) is 46.2 Å². The van der Waals surface area contributed by atoms with Gasteiger partial charge in [-0.15, -0.1) is 0 Å². The summed E-state index contributed by atoms with van der Waals surface area (Å²) in [5, 5.41) is 2.55. The SMILES string of the molecule is CCCCCC(=O)NCC(C)=O. The number of Topliss-reactive ketones (excluding diaryl/α,β-unsaturated/α-hetero) is 1. The summed E-state index contributed by atoms with van der Waals surface area (Å²) in [6.45, 7) is 3.73. The van der Waals surface area contributed by atoms with Crippen molar-refractivity contribution < 1.29 is 9.59 Å². The Morgan fingerprint density at radius 3 is 2.42 bits per heavy atom. The molecule has 0 spiro atoms. The van der Waals surface area contributed by atoms with Gasteiger partial charge in [0.15, 0.2) is 0 Å². The number of hydrogen-bond acceptors (Lipinski definition) is 2. The summed E-state index contributed by atoms with van der Waals surface area (Å²) in [5.41, 5.74) is 0. The fourth-order valence-corrected chi connectivity index (χ4v) is 0.847. The van der Waals surface area contributed by atoms with Gasteiger partial charge >= 0.3 is 0 Å².